The van der Waals surface area contributed by atoms with E-state index in [4.69, 9.17) is 11.6 Å². The van der Waals surface area contributed by atoms with Gasteiger partial charge in [-0.1, -0.05) is 65.7 Å². The number of ketones is 2. The summed E-state index contributed by atoms with van der Waals surface area (Å²) in [5.74, 6) is -3.28. The summed E-state index contributed by atoms with van der Waals surface area (Å²) >= 11 is 6.14. The van der Waals surface area contributed by atoms with Crippen LogP contribution in [0.2, 0.25) is 5.02 Å². The van der Waals surface area contributed by atoms with Gasteiger partial charge in [-0.25, -0.2) is 4.39 Å². The second-order valence-electron chi connectivity index (χ2n) is 10.8. The normalized spacial score (nSPS) is 23.6. The quantitative estimate of drug-likeness (QED) is 0.283. The number of rotatable bonds is 4. The topological polar surface area (TPSA) is 66.5 Å². The number of aryl methyl sites for hydroxylation is 1. The fourth-order valence-electron chi connectivity index (χ4n) is 6.91. The van der Waals surface area contributed by atoms with E-state index >= 15 is 4.39 Å². The van der Waals surface area contributed by atoms with Crippen LogP contribution in [0.4, 0.5) is 15.8 Å². The van der Waals surface area contributed by atoms with Gasteiger partial charge in [0.1, 0.15) is 17.3 Å². The minimum atomic E-state index is -1.50. The second kappa shape index (κ2) is 9.25. The van der Waals surface area contributed by atoms with Gasteiger partial charge < -0.3 is 10.2 Å². The van der Waals surface area contributed by atoms with Gasteiger partial charge in [0.15, 0.2) is 11.6 Å². The van der Waals surface area contributed by atoms with E-state index in [0.717, 1.165) is 16.8 Å². The molecule has 4 unspecified atom stereocenters. The van der Waals surface area contributed by atoms with Crippen molar-refractivity contribution >= 4 is 46.5 Å². The molecule has 4 aromatic rings. The summed E-state index contributed by atoms with van der Waals surface area (Å²) in [6.07, 6.45) is 3.85. The highest BCUT2D eigenvalue weighted by Gasteiger charge is 2.70. The minimum absolute atomic E-state index is 0.157. The second-order valence-corrected chi connectivity index (χ2v) is 11.2. The van der Waals surface area contributed by atoms with Crippen molar-refractivity contribution < 1.29 is 18.8 Å². The summed E-state index contributed by atoms with van der Waals surface area (Å²) in [6.45, 7) is 1.98. The van der Waals surface area contributed by atoms with Crippen LogP contribution in [0, 0.1) is 18.7 Å². The molecule has 3 aliphatic rings. The van der Waals surface area contributed by atoms with Crippen molar-refractivity contribution in [2.45, 2.75) is 24.4 Å². The summed E-state index contributed by atoms with van der Waals surface area (Å²) in [5, 5.41) is 3.44. The molecule has 3 aliphatic heterocycles. The van der Waals surface area contributed by atoms with Gasteiger partial charge in [0.2, 0.25) is 5.91 Å². The molecule has 0 radical (unpaired) electrons. The van der Waals surface area contributed by atoms with Gasteiger partial charge in [0.25, 0.3) is 0 Å². The highest BCUT2D eigenvalue weighted by atomic mass is 35.5. The maximum Gasteiger partial charge on any atom is 0.238 e. The Kier molecular flexibility index (Phi) is 5.73. The van der Waals surface area contributed by atoms with E-state index in [0.29, 0.717) is 21.8 Å². The van der Waals surface area contributed by atoms with Crippen LogP contribution in [0.5, 0.6) is 0 Å². The number of carbonyl (C=O) groups is 3. The van der Waals surface area contributed by atoms with Gasteiger partial charge in [0, 0.05) is 22.0 Å². The zero-order chi connectivity index (χ0) is 28.5. The number of fused-ring (bicyclic) bond motifs is 6. The third-order valence-corrected chi connectivity index (χ3v) is 8.86. The van der Waals surface area contributed by atoms with Crippen molar-refractivity contribution in [3.05, 3.63) is 136 Å². The molecule has 7 rings (SSSR count). The molecular formula is C34H24ClFN2O3. The average molecular weight is 563 g/mol. The number of para-hydroxylation sites is 1. The number of nitrogens with one attached hydrogen (secondary N) is 1. The number of Topliss-reactive ketones (excluding diaryl/α,β-unsaturated/α-hetero) is 2. The number of halogens is 2. The monoisotopic (exact) mass is 562 g/mol. The summed E-state index contributed by atoms with van der Waals surface area (Å²) in [4.78, 5) is 45.5. The lowest BCUT2D eigenvalue weighted by atomic mass is 9.64. The molecule has 0 bridgehead atoms. The Hall–Kier alpha value is -4.55. The van der Waals surface area contributed by atoms with Gasteiger partial charge >= 0.3 is 0 Å². The first kappa shape index (κ1) is 25.4. The number of benzene rings is 4. The highest BCUT2D eigenvalue weighted by Crippen LogP contribution is 2.58. The van der Waals surface area contributed by atoms with Crippen molar-refractivity contribution in [2.24, 2.45) is 5.92 Å². The number of hydrogen-bond acceptors (Lipinski definition) is 4. The van der Waals surface area contributed by atoms with Crippen LogP contribution in [0.1, 0.15) is 37.4 Å². The van der Waals surface area contributed by atoms with Gasteiger partial charge in [-0.15, -0.1) is 0 Å². The number of nitrogens with zero attached hydrogens (tertiary/aromatic N) is 1. The average Bonchev–Trinajstić information content (AvgIpc) is 3.45. The smallest absolute Gasteiger partial charge is 0.238 e. The Balaban J connectivity index is 1.55. The Labute approximate surface area is 241 Å². The maximum absolute atomic E-state index is 15.3. The zero-order valence-electron chi connectivity index (χ0n) is 22.0. The first-order valence-electron chi connectivity index (χ1n) is 13.4. The molecule has 1 saturated heterocycles. The SMILES string of the molecule is Cc1ccc2c(c1)C=CC1N2C(C(=O)c2ccc(Cl)cc2)C(C(=O)c2ccccc2F)C12C(=O)Nc1ccccc12. The Morgan fingerprint density at radius 1 is 0.927 bits per heavy atom. The molecule has 0 aliphatic carbocycles. The molecule has 1 spiro atoms. The first-order valence-corrected chi connectivity index (χ1v) is 13.8. The summed E-state index contributed by atoms with van der Waals surface area (Å²) in [6, 6.07) is 23.5. The molecule has 4 aromatic carbocycles. The lowest BCUT2D eigenvalue weighted by Crippen LogP contribution is -2.51. The molecule has 7 heteroatoms. The zero-order valence-corrected chi connectivity index (χ0v) is 22.7. The minimum Gasteiger partial charge on any atom is -0.352 e. The number of anilines is 2. The Bertz CT molecular complexity index is 1800. The summed E-state index contributed by atoms with van der Waals surface area (Å²) < 4.78 is 15.3. The standard InChI is InChI=1S/C34H24ClFN2O3/c1-19-10-16-27-21(18-19)13-17-28-34(24-7-3-5-9-26(24)37-33(34)41)29(32(40)23-6-2-4-8-25(23)36)30(38(27)28)31(39)20-11-14-22(35)15-12-20/h2-18,28-30H,1H3,(H,37,41). The van der Waals surface area contributed by atoms with Crippen LogP contribution >= 0.6 is 11.6 Å². The molecule has 1 amide bonds. The lowest BCUT2D eigenvalue weighted by Gasteiger charge is -2.37. The van der Waals surface area contributed by atoms with Crippen LogP contribution in [0.25, 0.3) is 6.08 Å². The van der Waals surface area contributed by atoms with E-state index in [9.17, 15) is 14.4 Å². The number of amides is 1. The Morgan fingerprint density at radius 2 is 1.66 bits per heavy atom. The fourth-order valence-corrected chi connectivity index (χ4v) is 7.04. The lowest BCUT2D eigenvalue weighted by molar-refractivity contribution is -0.121. The summed E-state index contributed by atoms with van der Waals surface area (Å²) in [5.41, 5.74) is 2.51. The van der Waals surface area contributed by atoms with E-state index in [2.05, 4.69) is 5.32 Å². The molecule has 1 N–H and O–H groups in total. The van der Waals surface area contributed by atoms with E-state index < -0.39 is 40.9 Å². The highest BCUT2D eigenvalue weighted by molar-refractivity contribution is 6.30. The van der Waals surface area contributed by atoms with Crippen LogP contribution in [-0.4, -0.2) is 29.6 Å². The van der Waals surface area contributed by atoms with E-state index in [-0.39, 0.29) is 11.3 Å². The molecule has 41 heavy (non-hydrogen) atoms. The molecule has 3 heterocycles. The molecule has 0 saturated carbocycles. The van der Waals surface area contributed by atoms with Crippen LogP contribution in [-0.2, 0) is 10.2 Å². The largest absolute Gasteiger partial charge is 0.352 e. The van der Waals surface area contributed by atoms with Crippen molar-refractivity contribution in [3.8, 4) is 0 Å². The van der Waals surface area contributed by atoms with Crippen LogP contribution in [0.3, 0.4) is 0 Å². The van der Waals surface area contributed by atoms with E-state index in [1.807, 2.05) is 60.4 Å². The van der Waals surface area contributed by atoms with E-state index in [1.54, 1.807) is 36.4 Å². The van der Waals surface area contributed by atoms with Gasteiger partial charge in [-0.2, -0.15) is 0 Å². The van der Waals surface area contributed by atoms with Crippen molar-refractivity contribution in [2.75, 3.05) is 10.2 Å². The number of carbonyl (C=O) groups excluding carboxylic acids is 3. The van der Waals surface area contributed by atoms with Crippen LogP contribution in [0.15, 0.2) is 97.1 Å². The number of hydrogen-bond donors (Lipinski definition) is 1. The van der Waals surface area contributed by atoms with Gasteiger partial charge in [-0.05, 0) is 72.6 Å². The van der Waals surface area contributed by atoms with Gasteiger partial charge in [0.05, 0.1) is 17.5 Å². The van der Waals surface area contributed by atoms with Crippen molar-refractivity contribution in [3.63, 3.8) is 0 Å². The third kappa shape index (κ3) is 3.57. The van der Waals surface area contributed by atoms with Gasteiger partial charge in [-0.3, -0.25) is 14.4 Å². The first-order chi connectivity index (χ1) is 19.8. The fraction of sp³-hybridized carbons (Fsp3) is 0.147. The molecule has 5 nitrogen and oxygen atoms in total. The maximum atomic E-state index is 15.3. The molecule has 0 aromatic heterocycles. The Morgan fingerprint density at radius 3 is 2.44 bits per heavy atom. The third-order valence-electron chi connectivity index (χ3n) is 8.61. The van der Waals surface area contributed by atoms with Crippen molar-refractivity contribution in [1.29, 1.82) is 0 Å². The molecule has 4 atom stereocenters. The predicted molar refractivity (Wildman–Crippen MR) is 157 cm³/mol. The summed E-state index contributed by atoms with van der Waals surface area (Å²) in [7, 11) is 0. The van der Waals surface area contributed by atoms with Crippen molar-refractivity contribution in [1.82, 2.24) is 0 Å². The molecule has 202 valence electrons. The molecule has 1 fully saturated rings. The van der Waals surface area contributed by atoms with E-state index in [1.165, 1.54) is 18.2 Å². The van der Waals surface area contributed by atoms with Crippen LogP contribution < -0.4 is 10.2 Å². The predicted octanol–water partition coefficient (Wildman–Crippen LogP) is 6.64. The molecular weight excluding hydrogens is 539 g/mol.